The lowest BCUT2D eigenvalue weighted by Gasteiger charge is -2.10. The van der Waals surface area contributed by atoms with Crippen molar-refractivity contribution in [2.45, 2.75) is 18.5 Å². The molecule has 8 heteroatoms. The molecular formula is C17H16Cl2N4O2. The fourth-order valence-electron chi connectivity index (χ4n) is 2.56. The van der Waals surface area contributed by atoms with Crippen LogP contribution in [-0.4, -0.2) is 23.3 Å². The molecule has 0 radical (unpaired) electrons. The van der Waals surface area contributed by atoms with E-state index in [-0.39, 0.29) is 17.7 Å². The number of hydrazine groups is 1. The smallest absolute Gasteiger partial charge is 0.258 e. The molecule has 4 N–H and O–H groups in total. The SMILES string of the molecule is O=C(N/N=C/c1ccccc1O)C1CC(c2cc(Cl)cc(Cl)c2)NN1. The molecule has 0 spiro atoms. The molecule has 1 fully saturated rings. The number of halogens is 2. The van der Waals surface area contributed by atoms with Crippen LogP contribution in [0.1, 0.15) is 23.6 Å². The van der Waals surface area contributed by atoms with Crippen molar-refractivity contribution in [1.82, 2.24) is 16.3 Å². The Labute approximate surface area is 154 Å². The van der Waals surface area contributed by atoms with Gasteiger partial charge in [0.05, 0.1) is 6.21 Å². The number of hydrazone groups is 1. The number of phenolic OH excluding ortho intramolecular Hbond substituents is 1. The Morgan fingerprint density at radius 3 is 2.64 bits per heavy atom. The summed E-state index contributed by atoms with van der Waals surface area (Å²) in [6, 6.07) is 11.5. The first kappa shape index (κ1) is 17.7. The molecule has 3 rings (SSSR count). The van der Waals surface area contributed by atoms with Crippen molar-refractivity contribution in [1.29, 1.82) is 0 Å². The summed E-state index contributed by atoms with van der Waals surface area (Å²) in [6.45, 7) is 0. The van der Waals surface area contributed by atoms with Crippen LogP contribution < -0.4 is 16.3 Å². The van der Waals surface area contributed by atoms with Crippen LogP contribution in [0.2, 0.25) is 10.0 Å². The van der Waals surface area contributed by atoms with E-state index in [1.807, 2.05) is 12.1 Å². The fourth-order valence-corrected chi connectivity index (χ4v) is 3.11. The lowest BCUT2D eigenvalue weighted by Crippen LogP contribution is -2.41. The predicted octanol–water partition coefficient (Wildman–Crippen LogP) is 2.76. The summed E-state index contributed by atoms with van der Waals surface area (Å²) in [5.74, 6) is -0.186. The van der Waals surface area contributed by atoms with Crippen molar-refractivity contribution >= 4 is 35.3 Å². The zero-order valence-corrected chi connectivity index (χ0v) is 14.6. The second kappa shape index (κ2) is 7.84. The number of hydrogen-bond donors (Lipinski definition) is 4. The number of benzene rings is 2. The van der Waals surface area contributed by atoms with Gasteiger partial charge in [0.15, 0.2) is 0 Å². The van der Waals surface area contributed by atoms with Crippen LogP contribution in [0.4, 0.5) is 0 Å². The highest BCUT2D eigenvalue weighted by molar-refractivity contribution is 6.34. The number of rotatable bonds is 4. The van der Waals surface area contributed by atoms with E-state index < -0.39 is 6.04 Å². The molecule has 2 aromatic rings. The average Bonchev–Trinajstić information content (AvgIpc) is 3.06. The molecule has 0 saturated carbocycles. The van der Waals surface area contributed by atoms with Crippen LogP contribution >= 0.6 is 23.2 Å². The van der Waals surface area contributed by atoms with Gasteiger partial charge in [-0.2, -0.15) is 5.10 Å². The van der Waals surface area contributed by atoms with Crippen molar-refractivity contribution < 1.29 is 9.90 Å². The average molecular weight is 379 g/mol. The molecule has 2 atom stereocenters. The monoisotopic (exact) mass is 378 g/mol. The standard InChI is InChI=1S/C17H16Cl2N4O2/c18-12-5-11(6-13(19)7-12)14-8-15(22-21-14)17(25)23-20-9-10-3-1-2-4-16(10)24/h1-7,9,14-15,21-22,24H,8H2,(H,23,25)/b20-9+. The summed E-state index contributed by atoms with van der Waals surface area (Å²) in [5.41, 5.74) is 9.87. The van der Waals surface area contributed by atoms with Crippen molar-refractivity contribution in [3.63, 3.8) is 0 Å². The van der Waals surface area contributed by atoms with Crippen molar-refractivity contribution in [2.75, 3.05) is 0 Å². The van der Waals surface area contributed by atoms with Gasteiger partial charge in [-0.05, 0) is 42.3 Å². The molecule has 0 bridgehead atoms. The zero-order chi connectivity index (χ0) is 17.8. The molecule has 2 unspecified atom stereocenters. The molecule has 0 aliphatic carbocycles. The molecule has 25 heavy (non-hydrogen) atoms. The maximum atomic E-state index is 12.2. The minimum Gasteiger partial charge on any atom is -0.507 e. The first-order valence-electron chi connectivity index (χ1n) is 7.61. The second-order valence-corrected chi connectivity index (χ2v) is 6.50. The van der Waals surface area contributed by atoms with Gasteiger partial charge in [0.2, 0.25) is 0 Å². The van der Waals surface area contributed by atoms with Crippen molar-refractivity contribution in [3.8, 4) is 5.75 Å². The van der Waals surface area contributed by atoms with Crippen molar-refractivity contribution in [2.24, 2.45) is 5.10 Å². The van der Waals surface area contributed by atoms with E-state index in [0.717, 1.165) is 5.56 Å². The van der Waals surface area contributed by atoms with E-state index >= 15 is 0 Å². The summed E-state index contributed by atoms with van der Waals surface area (Å²) < 4.78 is 0. The minimum atomic E-state index is -0.454. The molecule has 1 heterocycles. The van der Waals surface area contributed by atoms with Gasteiger partial charge in [-0.15, -0.1) is 0 Å². The summed E-state index contributed by atoms with van der Waals surface area (Å²) in [6.07, 6.45) is 1.92. The lowest BCUT2D eigenvalue weighted by atomic mass is 10.0. The topological polar surface area (TPSA) is 85.8 Å². The van der Waals surface area contributed by atoms with Crippen LogP contribution in [0.15, 0.2) is 47.6 Å². The molecule has 130 valence electrons. The highest BCUT2D eigenvalue weighted by Gasteiger charge is 2.30. The Kier molecular flexibility index (Phi) is 5.55. The molecular weight excluding hydrogens is 363 g/mol. The Morgan fingerprint density at radius 2 is 1.92 bits per heavy atom. The van der Waals surface area contributed by atoms with Gasteiger partial charge >= 0.3 is 0 Å². The molecule has 1 aliphatic heterocycles. The van der Waals surface area contributed by atoms with E-state index in [1.165, 1.54) is 6.21 Å². The number of carbonyl (C=O) groups excluding carboxylic acids is 1. The molecule has 1 saturated heterocycles. The van der Waals surface area contributed by atoms with Gasteiger partial charge in [-0.25, -0.2) is 16.3 Å². The van der Waals surface area contributed by atoms with Gasteiger partial charge in [-0.3, -0.25) is 4.79 Å². The quantitative estimate of drug-likeness (QED) is 0.486. The third kappa shape index (κ3) is 4.49. The Morgan fingerprint density at radius 1 is 1.20 bits per heavy atom. The molecule has 0 aromatic heterocycles. The molecule has 1 amide bonds. The Hall–Kier alpha value is -2.12. The van der Waals surface area contributed by atoms with E-state index in [0.29, 0.717) is 22.0 Å². The summed E-state index contributed by atoms with van der Waals surface area (Å²) in [5, 5.41) is 14.6. The highest BCUT2D eigenvalue weighted by Crippen LogP contribution is 2.28. The van der Waals surface area contributed by atoms with Gasteiger partial charge in [0.25, 0.3) is 5.91 Å². The summed E-state index contributed by atoms with van der Waals surface area (Å²) >= 11 is 12.0. The first-order chi connectivity index (χ1) is 12.0. The fraction of sp³-hybridized carbons (Fsp3) is 0.176. The van der Waals surface area contributed by atoms with Crippen LogP contribution in [0.3, 0.4) is 0 Å². The number of aromatic hydroxyl groups is 1. The number of carbonyl (C=O) groups is 1. The Bertz CT molecular complexity index is 793. The largest absolute Gasteiger partial charge is 0.507 e. The first-order valence-corrected chi connectivity index (χ1v) is 8.36. The minimum absolute atomic E-state index is 0.0888. The second-order valence-electron chi connectivity index (χ2n) is 5.63. The van der Waals surface area contributed by atoms with Crippen LogP contribution in [0.25, 0.3) is 0 Å². The van der Waals surface area contributed by atoms with E-state index in [1.54, 1.807) is 30.3 Å². The van der Waals surface area contributed by atoms with Gasteiger partial charge in [0.1, 0.15) is 11.8 Å². The number of nitrogens with one attached hydrogen (secondary N) is 3. The number of amides is 1. The van der Waals surface area contributed by atoms with Crippen LogP contribution in [0, 0.1) is 0 Å². The number of nitrogens with zero attached hydrogens (tertiary/aromatic N) is 1. The van der Waals surface area contributed by atoms with Gasteiger partial charge < -0.3 is 5.11 Å². The zero-order valence-electron chi connectivity index (χ0n) is 13.0. The maximum Gasteiger partial charge on any atom is 0.258 e. The van der Waals surface area contributed by atoms with Gasteiger partial charge in [-0.1, -0.05) is 35.3 Å². The van der Waals surface area contributed by atoms with Gasteiger partial charge in [0, 0.05) is 21.7 Å². The van der Waals surface area contributed by atoms with Crippen LogP contribution in [-0.2, 0) is 4.79 Å². The van der Waals surface area contributed by atoms with E-state index in [9.17, 15) is 9.90 Å². The number of hydrogen-bond acceptors (Lipinski definition) is 5. The normalized spacial score (nSPS) is 20.1. The van der Waals surface area contributed by atoms with E-state index in [2.05, 4.69) is 21.4 Å². The summed E-state index contributed by atoms with van der Waals surface area (Å²) in [7, 11) is 0. The molecule has 1 aliphatic rings. The van der Waals surface area contributed by atoms with Crippen molar-refractivity contribution in [3.05, 3.63) is 63.6 Å². The lowest BCUT2D eigenvalue weighted by molar-refractivity contribution is -0.122. The maximum absolute atomic E-state index is 12.2. The highest BCUT2D eigenvalue weighted by atomic mass is 35.5. The third-order valence-electron chi connectivity index (χ3n) is 3.82. The predicted molar refractivity (Wildman–Crippen MR) is 97.7 cm³/mol. The van der Waals surface area contributed by atoms with E-state index in [4.69, 9.17) is 23.2 Å². The van der Waals surface area contributed by atoms with Crippen LogP contribution in [0.5, 0.6) is 5.75 Å². The summed E-state index contributed by atoms with van der Waals surface area (Å²) in [4.78, 5) is 12.2. The molecule has 6 nitrogen and oxygen atoms in total. The number of phenols is 1. The molecule has 2 aromatic carbocycles. The Balaban J connectivity index is 1.58. The number of para-hydroxylation sites is 1. The third-order valence-corrected chi connectivity index (χ3v) is 4.26.